The van der Waals surface area contributed by atoms with Gasteiger partial charge in [-0.15, -0.1) is 0 Å². The first-order valence-corrected chi connectivity index (χ1v) is 7.06. The predicted octanol–water partition coefficient (Wildman–Crippen LogP) is 3.32. The summed E-state index contributed by atoms with van der Waals surface area (Å²) < 4.78 is 0. The van der Waals surface area contributed by atoms with Gasteiger partial charge in [-0.3, -0.25) is 0 Å². The van der Waals surface area contributed by atoms with Crippen LogP contribution >= 0.6 is 0 Å². The highest BCUT2D eigenvalue weighted by Gasteiger charge is 2.07. The Kier molecular flexibility index (Phi) is 6.20. The van der Waals surface area contributed by atoms with Crippen LogP contribution < -0.4 is 10.2 Å². The molecule has 18 heavy (non-hydrogen) atoms. The Morgan fingerprint density at radius 1 is 1.11 bits per heavy atom. The third-order valence-corrected chi connectivity index (χ3v) is 3.25. The summed E-state index contributed by atoms with van der Waals surface area (Å²) in [6, 6.07) is 9.47. The van der Waals surface area contributed by atoms with Crippen molar-refractivity contribution >= 4 is 5.69 Å². The van der Waals surface area contributed by atoms with E-state index in [-0.39, 0.29) is 0 Å². The second-order valence-corrected chi connectivity index (χ2v) is 5.57. The normalized spacial score (nSPS) is 12.8. The quantitative estimate of drug-likeness (QED) is 0.796. The Balaban J connectivity index is 2.45. The van der Waals surface area contributed by atoms with E-state index in [0.29, 0.717) is 12.0 Å². The van der Waals surface area contributed by atoms with Crippen LogP contribution in [0.4, 0.5) is 5.69 Å². The summed E-state index contributed by atoms with van der Waals surface area (Å²) in [7, 11) is 2.17. The van der Waals surface area contributed by atoms with Crippen molar-refractivity contribution in [3.8, 4) is 0 Å². The van der Waals surface area contributed by atoms with E-state index in [4.69, 9.17) is 0 Å². The first kappa shape index (κ1) is 15.0. The van der Waals surface area contributed by atoms with Crippen molar-refractivity contribution in [2.45, 2.75) is 40.2 Å². The molecule has 0 aromatic heterocycles. The van der Waals surface area contributed by atoms with Crippen LogP contribution in [0.15, 0.2) is 24.3 Å². The van der Waals surface area contributed by atoms with Gasteiger partial charge in [0.2, 0.25) is 0 Å². The minimum absolute atomic E-state index is 0.571. The summed E-state index contributed by atoms with van der Waals surface area (Å²) in [5.41, 5.74) is 2.71. The van der Waals surface area contributed by atoms with Crippen LogP contribution in [0.2, 0.25) is 0 Å². The SMILES string of the molecule is CCc1ccc(N(C)CC(C)CNC(C)C)cc1. The van der Waals surface area contributed by atoms with Crippen molar-refractivity contribution in [2.75, 3.05) is 25.0 Å². The second kappa shape index (κ2) is 7.42. The van der Waals surface area contributed by atoms with Crippen molar-refractivity contribution in [2.24, 2.45) is 5.92 Å². The predicted molar refractivity (Wildman–Crippen MR) is 81.4 cm³/mol. The smallest absolute Gasteiger partial charge is 0.0363 e. The van der Waals surface area contributed by atoms with E-state index in [1.54, 1.807) is 0 Å². The maximum Gasteiger partial charge on any atom is 0.0363 e. The highest BCUT2D eigenvalue weighted by atomic mass is 15.1. The Labute approximate surface area is 112 Å². The first-order chi connectivity index (χ1) is 8.52. The fourth-order valence-electron chi connectivity index (χ4n) is 2.06. The van der Waals surface area contributed by atoms with Gasteiger partial charge in [-0.2, -0.15) is 0 Å². The van der Waals surface area contributed by atoms with Crippen LogP contribution in [-0.4, -0.2) is 26.2 Å². The molecule has 1 aromatic rings. The van der Waals surface area contributed by atoms with Gasteiger partial charge in [-0.25, -0.2) is 0 Å². The van der Waals surface area contributed by atoms with Gasteiger partial charge in [0.05, 0.1) is 0 Å². The van der Waals surface area contributed by atoms with Gasteiger partial charge in [0.25, 0.3) is 0 Å². The lowest BCUT2D eigenvalue weighted by Crippen LogP contribution is -2.33. The second-order valence-electron chi connectivity index (χ2n) is 5.57. The number of nitrogens with one attached hydrogen (secondary N) is 1. The van der Waals surface area contributed by atoms with Crippen LogP contribution in [-0.2, 0) is 6.42 Å². The molecule has 0 aliphatic carbocycles. The maximum atomic E-state index is 3.49. The molecule has 0 saturated carbocycles. The fourth-order valence-corrected chi connectivity index (χ4v) is 2.06. The standard InChI is InChI=1S/C16H28N2/c1-6-15-7-9-16(10-8-15)18(5)12-14(4)11-17-13(2)3/h7-10,13-14,17H,6,11-12H2,1-5H3. The summed E-state index contributed by atoms with van der Waals surface area (Å²) in [6.07, 6.45) is 1.11. The summed E-state index contributed by atoms with van der Waals surface area (Å²) in [5.74, 6) is 0.656. The summed E-state index contributed by atoms with van der Waals surface area (Å²) in [4.78, 5) is 2.34. The summed E-state index contributed by atoms with van der Waals surface area (Å²) >= 11 is 0. The molecule has 2 nitrogen and oxygen atoms in total. The van der Waals surface area contributed by atoms with E-state index in [1.807, 2.05) is 0 Å². The average molecular weight is 248 g/mol. The Hall–Kier alpha value is -1.02. The Morgan fingerprint density at radius 3 is 2.22 bits per heavy atom. The van der Waals surface area contributed by atoms with Crippen molar-refractivity contribution in [3.63, 3.8) is 0 Å². The minimum atomic E-state index is 0.571. The molecule has 0 aliphatic heterocycles. The molecule has 0 amide bonds. The lowest BCUT2D eigenvalue weighted by Gasteiger charge is -2.24. The van der Waals surface area contributed by atoms with Gasteiger partial charge in [-0.1, -0.05) is 39.8 Å². The van der Waals surface area contributed by atoms with Gasteiger partial charge in [0.15, 0.2) is 0 Å². The van der Waals surface area contributed by atoms with Gasteiger partial charge in [0, 0.05) is 25.3 Å². The van der Waals surface area contributed by atoms with E-state index in [9.17, 15) is 0 Å². The zero-order valence-electron chi connectivity index (χ0n) is 12.5. The molecular weight excluding hydrogens is 220 g/mol. The van der Waals surface area contributed by atoms with Crippen molar-refractivity contribution in [3.05, 3.63) is 29.8 Å². The van der Waals surface area contributed by atoms with Gasteiger partial charge in [-0.05, 0) is 36.6 Å². The monoisotopic (exact) mass is 248 g/mol. The molecular formula is C16H28N2. The lowest BCUT2D eigenvalue weighted by molar-refractivity contribution is 0.478. The third kappa shape index (κ3) is 5.09. The van der Waals surface area contributed by atoms with E-state index >= 15 is 0 Å². The zero-order chi connectivity index (χ0) is 13.5. The number of aryl methyl sites for hydroxylation is 1. The molecule has 1 unspecified atom stereocenters. The van der Waals surface area contributed by atoms with Gasteiger partial charge >= 0.3 is 0 Å². The lowest BCUT2D eigenvalue weighted by atomic mass is 10.1. The van der Waals surface area contributed by atoms with Crippen molar-refractivity contribution in [1.29, 1.82) is 0 Å². The highest BCUT2D eigenvalue weighted by Crippen LogP contribution is 2.15. The van der Waals surface area contributed by atoms with Crippen molar-refractivity contribution < 1.29 is 0 Å². The van der Waals surface area contributed by atoms with E-state index in [0.717, 1.165) is 19.5 Å². The van der Waals surface area contributed by atoms with Crippen molar-refractivity contribution in [1.82, 2.24) is 5.32 Å². The molecule has 0 bridgehead atoms. The number of rotatable bonds is 7. The van der Waals surface area contributed by atoms with Crippen LogP contribution in [0, 0.1) is 5.92 Å². The maximum absolute atomic E-state index is 3.49. The highest BCUT2D eigenvalue weighted by molar-refractivity contribution is 5.46. The molecule has 0 spiro atoms. The van der Waals surface area contributed by atoms with Gasteiger partial charge < -0.3 is 10.2 Å². The molecule has 2 heteroatoms. The van der Waals surface area contributed by atoms with Crippen LogP contribution in [0.1, 0.15) is 33.3 Å². The van der Waals surface area contributed by atoms with Crippen LogP contribution in [0.5, 0.6) is 0 Å². The molecule has 0 aliphatic rings. The Morgan fingerprint density at radius 2 is 1.72 bits per heavy atom. The zero-order valence-corrected chi connectivity index (χ0v) is 12.5. The summed E-state index contributed by atoms with van der Waals surface area (Å²) in [5, 5.41) is 3.49. The molecule has 1 atom stereocenters. The average Bonchev–Trinajstić information content (AvgIpc) is 2.36. The molecule has 0 fully saturated rings. The number of hydrogen-bond donors (Lipinski definition) is 1. The molecule has 1 aromatic carbocycles. The van der Waals surface area contributed by atoms with Crippen LogP contribution in [0.25, 0.3) is 0 Å². The van der Waals surface area contributed by atoms with E-state index in [2.05, 4.69) is 69.2 Å². The molecule has 1 rings (SSSR count). The molecule has 0 saturated heterocycles. The van der Waals surface area contributed by atoms with E-state index < -0.39 is 0 Å². The third-order valence-electron chi connectivity index (χ3n) is 3.25. The van der Waals surface area contributed by atoms with Gasteiger partial charge in [0.1, 0.15) is 0 Å². The number of nitrogens with zero attached hydrogens (tertiary/aromatic N) is 1. The number of benzene rings is 1. The Bertz CT molecular complexity index is 329. The number of anilines is 1. The fraction of sp³-hybridized carbons (Fsp3) is 0.625. The number of hydrogen-bond acceptors (Lipinski definition) is 2. The topological polar surface area (TPSA) is 15.3 Å². The summed E-state index contributed by atoms with van der Waals surface area (Å²) in [6.45, 7) is 11.0. The van der Waals surface area contributed by atoms with Crippen LogP contribution in [0.3, 0.4) is 0 Å². The largest absolute Gasteiger partial charge is 0.374 e. The minimum Gasteiger partial charge on any atom is -0.374 e. The van der Waals surface area contributed by atoms with E-state index in [1.165, 1.54) is 11.3 Å². The molecule has 0 heterocycles. The molecule has 102 valence electrons. The first-order valence-electron chi connectivity index (χ1n) is 7.06. The molecule has 1 N–H and O–H groups in total. The molecule has 0 radical (unpaired) electrons.